The first-order chi connectivity index (χ1) is 12.3. The van der Waals surface area contributed by atoms with Crippen LogP contribution in [-0.2, 0) is 0 Å². The Hall–Kier alpha value is -4.22. The Morgan fingerprint density at radius 2 is 1.27 bits per heavy atom. The highest BCUT2D eigenvalue weighted by Gasteiger charge is 2.20. The van der Waals surface area contributed by atoms with Gasteiger partial charge < -0.3 is 4.52 Å². The van der Waals surface area contributed by atoms with Crippen LogP contribution in [-0.4, -0.2) is 24.9 Å². The normalized spacial score (nSPS) is 10.5. The van der Waals surface area contributed by atoms with Gasteiger partial charge in [0.2, 0.25) is 5.82 Å². The summed E-state index contributed by atoms with van der Waals surface area (Å²) in [6.45, 7) is 0. The molecule has 0 saturated carbocycles. The van der Waals surface area contributed by atoms with Gasteiger partial charge in [-0.25, -0.2) is 0 Å². The van der Waals surface area contributed by atoms with E-state index in [1.165, 1.54) is 24.3 Å². The average Bonchev–Trinajstić information content (AvgIpc) is 3.11. The number of hydrogen-bond acceptors (Lipinski definition) is 9. The molecule has 0 spiro atoms. The first-order valence-corrected chi connectivity index (χ1v) is 6.88. The van der Waals surface area contributed by atoms with Gasteiger partial charge in [0, 0.05) is 29.8 Å². The standard InChI is InChI=1S/C14H7N5O7/c20-17(21)10-3-1-8(2-4-10)13-15-14(26-16-13)9-5-11(18(22)23)7-12(6-9)19(24)25/h1-7H. The molecule has 12 heteroatoms. The Kier molecular flexibility index (Phi) is 4.06. The first-order valence-electron chi connectivity index (χ1n) is 6.88. The number of nitro groups is 3. The minimum Gasteiger partial charge on any atom is -0.334 e. The van der Waals surface area contributed by atoms with E-state index in [0.717, 1.165) is 18.2 Å². The van der Waals surface area contributed by atoms with Crippen molar-refractivity contribution in [2.45, 2.75) is 0 Å². The Balaban J connectivity index is 2.00. The maximum atomic E-state index is 10.9. The quantitative estimate of drug-likeness (QED) is 0.491. The third kappa shape index (κ3) is 3.19. The van der Waals surface area contributed by atoms with Crippen molar-refractivity contribution in [3.05, 3.63) is 72.8 Å². The summed E-state index contributed by atoms with van der Waals surface area (Å²) in [5.41, 5.74) is -0.697. The second kappa shape index (κ2) is 6.35. The number of nitro benzene ring substituents is 3. The summed E-state index contributed by atoms with van der Waals surface area (Å²) in [6, 6.07) is 8.27. The zero-order valence-corrected chi connectivity index (χ0v) is 12.6. The maximum Gasteiger partial charge on any atom is 0.277 e. The molecule has 3 aromatic rings. The monoisotopic (exact) mass is 357 g/mol. The SMILES string of the molecule is O=[N+]([O-])c1ccc(-c2noc(-c3cc([N+](=O)[O-])cc([N+](=O)[O-])c3)n2)cc1. The fourth-order valence-corrected chi connectivity index (χ4v) is 2.12. The molecule has 130 valence electrons. The van der Waals surface area contributed by atoms with E-state index in [9.17, 15) is 30.3 Å². The van der Waals surface area contributed by atoms with Crippen LogP contribution in [0.15, 0.2) is 47.0 Å². The number of rotatable bonds is 5. The van der Waals surface area contributed by atoms with Crippen LogP contribution in [0.4, 0.5) is 17.1 Å². The molecule has 0 amide bonds. The second-order valence-electron chi connectivity index (χ2n) is 4.98. The summed E-state index contributed by atoms with van der Waals surface area (Å²) in [7, 11) is 0. The third-order valence-electron chi connectivity index (χ3n) is 3.33. The Bertz CT molecular complexity index is 996. The Morgan fingerprint density at radius 3 is 1.77 bits per heavy atom. The van der Waals surface area contributed by atoms with E-state index in [1.807, 2.05) is 0 Å². The van der Waals surface area contributed by atoms with E-state index in [2.05, 4.69) is 10.1 Å². The van der Waals surface area contributed by atoms with Crippen molar-refractivity contribution in [1.82, 2.24) is 10.1 Å². The van der Waals surface area contributed by atoms with Crippen LogP contribution in [0.5, 0.6) is 0 Å². The lowest BCUT2D eigenvalue weighted by Gasteiger charge is -1.97. The highest BCUT2D eigenvalue weighted by atomic mass is 16.6. The van der Waals surface area contributed by atoms with Gasteiger partial charge in [0.25, 0.3) is 23.0 Å². The topological polar surface area (TPSA) is 168 Å². The summed E-state index contributed by atoms with van der Waals surface area (Å²) < 4.78 is 5.01. The van der Waals surface area contributed by atoms with Gasteiger partial charge in [0.1, 0.15) is 0 Å². The molecule has 0 atom stereocenters. The summed E-state index contributed by atoms with van der Waals surface area (Å²) in [6.07, 6.45) is 0. The van der Waals surface area contributed by atoms with Gasteiger partial charge in [-0.05, 0) is 12.1 Å². The van der Waals surface area contributed by atoms with Crippen LogP contribution < -0.4 is 0 Å². The minimum atomic E-state index is -0.774. The molecule has 0 aliphatic heterocycles. The van der Waals surface area contributed by atoms with E-state index in [-0.39, 0.29) is 23.0 Å². The largest absolute Gasteiger partial charge is 0.334 e. The van der Waals surface area contributed by atoms with E-state index >= 15 is 0 Å². The van der Waals surface area contributed by atoms with Gasteiger partial charge >= 0.3 is 0 Å². The lowest BCUT2D eigenvalue weighted by atomic mass is 10.1. The molecule has 0 N–H and O–H groups in total. The summed E-state index contributed by atoms with van der Waals surface area (Å²) in [5.74, 6) is -0.0887. The van der Waals surface area contributed by atoms with Crippen LogP contribution in [0.3, 0.4) is 0 Å². The summed E-state index contributed by atoms with van der Waals surface area (Å²) in [5, 5.41) is 36.2. The number of aromatic nitrogens is 2. The molecule has 1 heterocycles. The van der Waals surface area contributed by atoms with E-state index in [1.54, 1.807) is 0 Å². The highest BCUT2D eigenvalue weighted by molar-refractivity contribution is 5.65. The first kappa shape index (κ1) is 16.6. The van der Waals surface area contributed by atoms with Crippen molar-refractivity contribution in [2.75, 3.05) is 0 Å². The van der Waals surface area contributed by atoms with Crippen LogP contribution in [0.1, 0.15) is 0 Å². The zero-order valence-electron chi connectivity index (χ0n) is 12.6. The number of nitrogens with zero attached hydrogens (tertiary/aromatic N) is 5. The molecule has 0 radical (unpaired) electrons. The van der Waals surface area contributed by atoms with Crippen LogP contribution in [0.2, 0.25) is 0 Å². The van der Waals surface area contributed by atoms with Crippen molar-refractivity contribution in [3.8, 4) is 22.8 Å². The van der Waals surface area contributed by atoms with Gasteiger partial charge in [-0.2, -0.15) is 4.98 Å². The van der Waals surface area contributed by atoms with Gasteiger partial charge in [0.15, 0.2) is 0 Å². The molecule has 12 nitrogen and oxygen atoms in total. The fourth-order valence-electron chi connectivity index (χ4n) is 2.12. The van der Waals surface area contributed by atoms with Crippen molar-refractivity contribution in [2.24, 2.45) is 0 Å². The Labute approximate surface area is 143 Å². The van der Waals surface area contributed by atoms with E-state index < -0.39 is 26.1 Å². The van der Waals surface area contributed by atoms with E-state index in [4.69, 9.17) is 4.52 Å². The second-order valence-corrected chi connectivity index (χ2v) is 4.98. The molecule has 0 aliphatic carbocycles. The molecule has 0 aliphatic rings. The maximum absolute atomic E-state index is 10.9. The predicted molar refractivity (Wildman–Crippen MR) is 85.1 cm³/mol. The molecular weight excluding hydrogens is 350 g/mol. The summed E-state index contributed by atoms with van der Waals surface area (Å²) >= 11 is 0. The Morgan fingerprint density at radius 1 is 0.731 bits per heavy atom. The third-order valence-corrected chi connectivity index (χ3v) is 3.33. The molecule has 0 bridgehead atoms. The van der Waals surface area contributed by atoms with E-state index in [0.29, 0.717) is 5.56 Å². The molecule has 0 unspecified atom stereocenters. The minimum absolute atomic E-state index is 0.00608. The smallest absolute Gasteiger partial charge is 0.277 e. The van der Waals surface area contributed by atoms with Gasteiger partial charge in [-0.1, -0.05) is 5.16 Å². The molecular formula is C14H7N5O7. The highest BCUT2D eigenvalue weighted by Crippen LogP contribution is 2.30. The molecule has 1 aromatic heterocycles. The number of benzene rings is 2. The van der Waals surface area contributed by atoms with Crippen LogP contribution in [0.25, 0.3) is 22.8 Å². The lowest BCUT2D eigenvalue weighted by Crippen LogP contribution is -1.94. The number of hydrogen-bond donors (Lipinski definition) is 0. The lowest BCUT2D eigenvalue weighted by molar-refractivity contribution is -0.394. The zero-order chi connectivity index (χ0) is 18.8. The molecule has 2 aromatic carbocycles. The van der Waals surface area contributed by atoms with Crippen molar-refractivity contribution in [1.29, 1.82) is 0 Å². The van der Waals surface area contributed by atoms with Gasteiger partial charge in [-0.3, -0.25) is 30.3 Å². The van der Waals surface area contributed by atoms with Crippen LogP contribution in [0, 0.1) is 30.3 Å². The predicted octanol–water partition coefficient (Wildman–Crippen LogP) is 3.13. The molecule has 0 saturated heterocycles. The fraction of sp³-hybridized carbons (Fsp3) is 0. The van der Waals surface area contributed by atoms with Gasteiger partial charge in [0.05, 0.1) is 26.4 Å². The molecule has 0 fully saturated rings. The summed E-state index contributed by atoms with van der Waals surface area (Å²) in [4.78, 5) is 34.4. The molecule has 26 heavy (non-hydrogen) atoms. The van der Waals surface area contributed by atoms with Crippen molar-refractivity contribution < 1.29 is 19.3 Å². The number of non-ortho nitro benzene ring substituents is 3. The average molecular weight is 357 g/mol. The van der Waals surface area contributed by atoms with Gasteiger partial charge in [-0.15, -0.1) is 0 Å². The van der Waals surface area contributed by atoms with Crippen LogP contribution >= 0.6 is 0 Å². The van der Waals surface area contributed by atoms with Crippen molar-refractivity contribution in [3.63, 3.8) is 0 Å². The molecule has 3 rings (SSSR count). The van der Waals surface area contributed by atoms with Crippen molar-refractivity contribution >= 4 is 17.1 Å².